The minimum atomic E-state index is -0.885. The Balaban J connectivity index is 1.54. The molecule has 0 atom stereocenters. The lowest BCUT2D eigenvalue weighted by Gasteiger charge is -2.26. The van der Waals surface area contributed by atoms with Gasteiger partial charge in [-0.25, -0.2) is 18.1 Å². The number of fused-ring (bicyclic) bond motifs is 2. The third-order valence-corrected chi connectivity index (χ3v) is 5.61. The molecule has 176 valence electrons. The van der Waals surface area contributed by atoms with Crippen LogP contribution >= 0.6 is 0 Å². The molecule has 0 N–H and O–H groups in total. The minimum Gasteiger partial charge on any atom is -0.479 e. The molecular formula is C22H19F3N6O3. The van der Waals surface area contributed by atoms with Gasteiger partial charge in [0, 0.05) is 30.0 Å². The number of benzene rings is 1. The van der Waals surface area contributed by atoms with E-state index in [1.807, 2.05) is 0 Å². The van der Waals surface area contributed by atoms with Crippen molar-refractivity contribution in [3.8, 4) is 17.0 Å². The summed E-state index contributed by atoms with van der Waals surface area (Å²) < 4.78 is 50.6. The van der Waals surface area contributed by atoms with Crippen LogP contribution < -0.4 is 10.0 Å². The molecule has 1 saturated heterocycles. The van der Waals surface area contributed by atoms with Crippen molar-refractivity contribution in [1.82, 2.24) is 24.5 Å². The summed E-state index contributed by atoms with van der Waals surface area (Å²) in [6.07, 6.45) is 4.13. The van der Waals surface area contributed by atoms with Crippen molar-refractivity contribution in [2.45, 2.75) is 19.3 Å². The Kier molecular flexibility index (Phi) is 5.56. The molecule has 3 aromatic heterocycles. The lowest BCUT2D eigenvalue weighted by Crippen LogP contribution is -2.38. The number of nitrogens with zero attached hydrogens (tertiary/aromatic N) is 6. The first kappa shape index (κ1) is 21.7. The summed E-state index contributed by atoms with van der Waals surface area (Å²) in [5, 5.41) is 3.98. The van der Waals surface area contributed by atoms with Crippen LogP contribution in [0.2, 0.25) is 0 Å². The fraction of sp³-hybridized carbons (Fsp3) is 0.273. The lowest BCUT2D eigenvalue weighted by molar-refractivity contribution is 0.0321. The predicted octanol–water partition coefficient (Wildman–Crippen LogP) is 4.46. The number of aromatic nitrogens is 4. The molecule has 4 aromatic rings. The fourth-order valence-electron chi connectivity index (χ4n) is 4.04. The third kappa shape index (κ3) is 3.80. The van der Waals surface area contributed by atoms with Gasteiger partial charge in [-0.3, -0.25) is 9.82 Å². The number of halogens is 3. The summed E-state index contributed by atoms with van der Waals surface area (Å²) in [5.41, 5.74) is 0.344. The number of carbonyl (C=O) groups excluding carboxylic acids is 1. The van der Waals surface area contributed by atoms with E-state index in [2.05, 4.69) is 15.1 Å². The quantitative estimate of drug-likeness (QED) is 0.320. The van der Waals surface area contributed by atoms with Gasteiger partial charge in [0.15, 0.2) is 5.82 Å². The molecule has 1 aliphatic heterocycles. The highest BCUT2D eigenvalue weighted by molar-refractivity contribution is 5.91. The molecule has 4 heterocycles. The molecule has 0 spiro atoms. The van der Waals surface area contributed by atoms with Crippen LogP contribution in [0.25, 0.3) is 27.5 Å². The number of ether oxygens (including phenoxy) is 1. The van der Waals surface area contributed by atoms with E-state index in [1.165, 1.54) is 18.2 Å². The van der Waals surface area contributed by atoms with Crippen LogP contribution in [0, 0.1) is 11.6 Å². The maximum Gasteiger partial charge on any atom is 0.436 e. The van der Waals surface area contributed by atoms with Crippen LogP contribution in [0.5, 0.6) is 5.88 Å². The number of carbonyl (C=O) groups is 1. The largest absolute Gasteiger partial charge is 0.479 e. The number of piperidine rings is 1. The van der Waals surface area contributed by atoms with E-state index in [0.717, 1.165) is 36.0 Å². The normalized spacial score (nSPS) is 13.9. The average Bonchev–Trinajstić information content (AvgIpc) is 3.19. The Bertz CT molecular complexity index is 1390. The third-order valence-electron chi connectivity index (χ3n) is 5.61. The van der Waals surface area contributed by atoms with E-state index in [-0.39, 0.29) is 28.0 Å². The van der Waals surface area contributed by atoms with Crippen LogP contribution in [-0.2, 0) is 4.84 Å². The highest BCUT2D eigenvalue weighted by Crippen LogP contribution is 2.36. The molecule has 12 heteroatoms. The molecule has 1 aromatic carbocycles. The highest BCUT2D eigenvalue weighted by atomic mass is 19.2. The summed E-state index contributed by atoms with van der Waals surface area (Å²) in [7, 11) is 1.26. The molecule has 0 saturated carbocycles. The Morgan fingerprint density at radius 1 is 1.15 bits per heavy atom. The Morgan fingerprint density at radius 3 is 2.71 bits per heavy atom. The van der Waals surface area contributed by atoms with Crippen LogP contribution in [-0.4, -0.2) is 50.8 Å². The van der Waals surface area contributed by atoms with Crippen LogP contribution in [0.4, 0.5) is 24.0 Å². The van der Waals surface area contributed by atoms with Gasteiger partial charge in [-0.1, -0.05) is 10.5 Å². The average molecular weight is 472 g/mol. The monoisotopic (exact) mass is 472 g/mol. The molecule has 5 rings (SSSR count). The van der Waals surface area contributed by atoms with Gasteiger partial charge < -0.3 is 9.64 Å². The van der Waals surface area contributed by atoms with Crippen molar-refractivity contribution in [3.63, 3.8) is 0 Å². The second-order valence-electron chi connectivity index (χ2n) is 7.75. The smallest absolute Gasteiger partial charge is 0.436 e. The van der Waals surface area contributed by atoms with E-state index in [0.29, 0.717) is 18.5 Å². The summed E-state index contributed by atoms with van der Waals surface area (Å²) in [4.78, 5) is 26.2. The molecule has 0 unspecified atom stereocenters. The molecular weight excluding hydrogens is 453 g/mol. The summed E-state index contributed by atoms with van der Waals surface area (Å²) in [5.74, 6) is -2.27. The van der Waals surface area contributed by atoms with Crippen molar-refractivity contribution >= 4 is 28.5 Å². The fourth-order valence-corrected chi connectivity index (χ4v) is 4.04. The van der Waals surface area contributed by atoms with Gasteiger partial charge in [-0.2, -0.15) is 4.98 Å². The number of anilines is 1. The van der Waals surface area contributed by atoms with Gasteiger partial charge in [0.05, 0.1) is 18.9 Å². The van der Waals surface area contributed by atoms with Crippen molar-refractivity contribution in [1.29, 1.82) is 0 Å². The van der Waals surface area contributed by atoms with E-state index >= 15 is 4.39 Å². The topological polar surface area (TPSA) is 85.1 Å². The van der Waals surface area contributed by atoms with Gasteiger partial charge in [0.1, 0.15) is 16.9 Å². The number of likely N-dealkylation sites (tertiary alicyclic amines) is 1. The molecule has 1 amide bonds. The predicted molar refractivity (Wildman–Crippen MR) is 116 cm³/mol. The number of amides is 1. The summed E-state index contributed by atoms with van der Waals surface area (Å²) in [6.45, 7) is 0.916. The standard InChI is InChI=1S/C22H19F3N6O3/c1-33-20-19-17(14-10-13-6-5-7-26-18(13)15(23)11-14)16(24)12-30(19)28-21(27-20)31(25)34-22(32)29-8-3-2-4-9-29/h5-7,10-12H,2-4,8-9H2,1H3. The number of methoxy groups -OCH3 is 1. The SMILES string of the molecule is COc1nc(N(F)OC(=O)N2CCCCC2)nn2cc(F)c(-c3cc(F)c4ncccc4c3)c12. The molecule has 1 aliphatic rings. The lowest BCUT2D eigenvalue weighted by atomic mass is 10.0. The Hall–Kier alpha value is -4.09. The number of pyridine rings is 1. The van der Waals surface area contributed by atoms with Gasteiger partial charge in [0.2, 0.25) is 5.88 Å². The van der Waals surface area contributed by atoms with E-state index < -0.39 is 29.0 Å². The van der Waals surface area contributed by atoms with Crippen molar-refractivity contribution < 1.29 is 27.6 Å². The minimum absolute atomic E-state index is 0.0382. The zero-order chi connectivity index (χ0) is 23.8. The number of rotatable bonds is 4. The Morgan fingerprint density at radius 2 is 1.94 bits per heavy atom. The molecule has 0 bridgehead atoms. The first-order valence-corrected chi connectivity index (χ1v) is 10.6. The van der Waals surface area contributed by atoms with Crippen molar-refractivity contribution in [2.75, 3.05) is 25.5 Å². The van der Waals surface area contributed by atoms with Crippen LogP contribution in [0.15, 0.2) is 36.7 Å². The molecule has 9 nitrogen and oxygen atoms in total. The van der Waals surface area contributed by atoms with Gasteiger partial charge in [0.25, 0.3) is 0 Å². The van der Waals surface area contributed by atoms with Gasteiger partial charge in [-0.15, -0.1) is 5.10 Å². The molecule has 1 fully saturated rings. The van der Waals surface area contributed by atoms with Gasteiger partial charge in [-0.05, 0) is 43.0 Å². The van der Waals surface area contributed by atoms with Crippen molar-refractivity contribution in [2.24, 2.45) is 0 Å². The van der Waals surface area contributed by atoms with E-state index in [1.54, 1.807) is 18.2 Å². The first-order valence-electron chi connectivity index (χ1n) is 10.6. The molecule has 0 radical (unpaired) electrons. The van der Waals surface area contributed by atoms with E-state index in [9.17, 15) is 13.7 Å². The van der Waals surface area contributed by atoms with Crippen LogP contribution in [0.3, 0.4) is 0 Å². The maximum absolute atomic E-state index is 15.0. The first-order chi connectivity index (χ1) is 16.5. The number of hydrogen-bond donors (Lipinski definition) is 0. The number of hydrogen-bond acceptors (Lipinski definition) is 7. The summed E-state index contributed by atoms with van der Waals surface area (Å²) in [6, 6.07) is 5.99. The van der Waals surface area contributed by atoms with Crippen LogP contribution in [0.1, 0.15) is 19.3 Å². The van der Waals surface area contributed by atoms with Gasteiger partial charge >= 0.3 is 12.0 Å². The van der Waals surface area contributed by atoms with Crippen molar-refractivity contribution in [3.05, 3.63) is 48.3 Å². The highest BCUT2D eigenvalue weighted by Gasteiger charge is 2.26. The Labute approximate surface area is 191 Å². The second-order valence-corrected chi connectivity index (χ2v) is 7.75. The zero-order valence-electron chi connectivity index (χ0n) is 18.0. The summed E-state index contributed by atoms with van der Waals surface area (Å²) >= 11 is 0. The second kappa shape index (κ2) is 8.69. The van der Waals surface area contributed by atoms with E-state index in [4.69, 9.17) is 9.57 Å². The molecule has 0 aliphatic carbocycles. The zero-order valence-corrected chi connectivity index (χ0v) is 18.0. The molecule has 34 heavy (non-hydrogen) atoms. The maximum atomic E-state index is 15.0.